The SMILES string of the molecule is COc1ccc(NC(=O)C2CCCCC2C(F)(F)F)cc1NC(C)=O. The summed E-state index contributed by atoms with van der Waals surface area (Å²) < 4.78 is 44.6. The molecule has 1 aliphatic rings. The molecule has 2 rings (SSSR count). The third kappa shape index (κ3) is 4.87. The van der Waals surface area contributed by atoms with E-state index >= 15 is 0 Å². The quantitative estimate of drug-likeness (QED) is 0.856. The van der Waals surface area contributed by atoms with Crippen LogP contribution in [0.25, 0.3) is 0 Å². The molecule has 8 heteroatoms. The molecule has 138 valence electrons. The number of ether oxygens (including phenoxy) is 1. The molecule has 0 aromatic heterocycles. The summed E-state index contributed by atoms with van der Waals surface area (Å²) in [5.74, 6) is -3.31. The second kappa shape index (κ2) is 7.76. The van der Waals surface area contributed by atoms with Crippen molar-refractivity contribution in [2.24, 2.45) is 11.8 Å². The summed E-state index contributed by atoms with van der Waals surface area (Å²) in [6.45, 7) is 1.32. The normalized spacial score (nSPS) is 20.7. The number of rotatable bonds is 4. The molecule has 0 radical (unpaired) electrons. The highest BCUT2D eigenvalue weighted by atomic mass is 19.4. The van der Waals surface area contributed by atoms with Crippen molar-refractivity contribution >= 4 is 23.2 Å². The van der Waals surface area contributed by atoms with Gasteiger partial charge < -0.3 is 15.4 Å². The smallest absolute Gasteiger partial charge is 0.392 e. The molecule has 0 saturated heterocycles. The number of halogens is 3. The third-order valence-electron chi connectivity index (χ3n) is 4.30. The van der Waals surface area contributed by atoms with Crippen LogP contribution in [0.1, 0.15) is 32.6 Å². The lowest BCUT2D eigenvalue weighted by Crippen LogP contribution is -2.39. The Morgan fingerprint density at radius 2 is 1.84 bits per heavy atom. The van der Waals surface area contributed by atoms with E-state index in [4.69, 9.17) is 4.74 Å². The Labute approximate surface area is 143 Å². The molecule has 1 aromatic carbocycles. The predicted octanol–water partition coefficient (Wildman–Crippen LogP) is 3.96. The van der Waals surface area contributed by atoms with Crippen LogP contribution in [0.3, 0.4) is 0 Å². The summed E-state index contributed by atoms with van der Waals surface area (Å²) in [6.07, 6.45) is -3.12. The first kappa shape index (κ1) is 19.1. The predicted molar refractivity (Wildman–Crippen MR) is 87.4 cm³/mol. The number of amides is 2. The van der Waals surface area contributed by atoms with Crippen LogP contribution in [0.4, 0.5) is 24.5 Å². The van der Waals surface area contributed by atoms with Crippen molar-refractivity contribution < 1.29 is 27.5 Å². The van der Waals surface area contributed by atoms with Crippen LogP contribution in [0, 0.1) is 11.8 Å². The summed E-state index contributed by atoms with van der Waals surface area (Å²) in [5, 5.41) is 5.09. The van der Waals surface area contributed by atoms with Crippen LogP contribution in [-0.2, 0) is 9.59 Å². The van der Waals surface area contributed by atoms with E-state index in [2.05, 4.69) is 10.6 Å². The summed E-state index contributed by atoms with van der Waals surface area (Å²) in [7, 11) is 1.43. The molecule has 1 aliphatic carbocycles. The minimum Gasteiger partial charge on any atom is -0.495 e. The van der Waals surface area contributed by atoms with Gasteiger partial charge in [-0.1, -0.05) is 12.8 Å². The van der Waals surface area contributed by atoms with Crippen LogP contribution in [0.15, 0.2) is 18.2 Å². The number of alkyl halides is 3. The molecule has 2 amide bonds. The van der Waals surface area contributed by atoms with E-state index < -0.39 is 23.9 Å². The second-order valence-electron chi connectivity index (χ2n) is 6.12. The zero-order chi connectivity index (χ0) is 18.6. The van der Waals surface area contributed by atoms with Crippen LogP contribution in [0.2, 0.25) is 0 Å². The van der Waals surface area contributed by atoms with Gasteiger partial charge in [0.2, 0.25) is 11.8 Å². The molecule has 1 fully saturated rings. The van der Waals surface area contributed by atoms with Crippen molar-refractivity contribution in [1.29, 1.82) is 0 Å². The number of benzene rings is 1. The Hall–Kier alpha value is -2.25. The van der Waals surface area contributed by atoms with E-state index in [9.17, 15) is 22.8 Å². The highest BCUT2D eigenvalue weighted by molar-refractivity contribution is 5.95. The Morgan fingerprint density at radius 1 is 1.16 bits per heavy atom. The molecular formula is C17H21F3N2O3. The monoisotopic (exact) mass is 358 g/mol. The van der Waals surface area contributed by atoms with Crippen LogP contribution in [-0.4, -0.2) is 25.1 Å². The fraction of sp³-hybridized carbons (Fsp3) is 0.529. The summed E-state index contributed by atoms with van der Waals surface area (Å²) in [5.41, 5.74) is 0.643. The van der Waals surface area contributed by atoms with Crippen molar-refractivity contribution in [3.63, 3.8) is 0 Å². The number of carbonyl (C=O) groups is 2. The molecule has 2 unspecified atom stereocenters. The Morgan fingerprint density at radius 3 is 2.44 bits per heavy atom. The van der Waals surface area contributed by atoms with Gasteiger partial charge in [-0.25, -0.2) is 0 Å². The first-order valence-electron chi connectivity index (χ1n) is 8.05. The van der Waals surface area contributed by atoms with Crippen molar-refractivity contribution in [3.05, 3.63) is 18.2 Å². The molecule has 0 spiro atoms. The van der Waals surface area contributed by atoms with Gasteiger partial charge in [0, 0.05) is 18.5 Å². The highest BCUT2D eigenvalue weighted by Crippen LogP contribution is 2.42. The number of carbonyl (C=O) groups excluding carboxylic acids is 2. The lowest BCUT2D eigenvalue weighted by Gasteiger charge is -2.32. The van der Waals surface area contributed by atoms with E-state index in [1.807, 2.05) is 0 Å². The first-order chi connectivity index (χ1) is 11.7. The van der Waals surface area contributed by atoms with Crippen LogP contribution < -0.4 is 15.4 Å². The highest BCUT2D eigenvalue weighted by Gasteiger charge is 2.48. The van der Waals surface area contributed by atoms with Gasteiger partial charge in [0.05, 0.1) is 18.7 Å². The number of methoxy groups -OCH3 is 1. The zero-order valence-electron chi connectivity index (χ0n) is 14.1. The zero-order valence-corrected chi connectivity index (χ0v) is 14.1. The molecule has 2 atom stereocenters. The average Bonchev–Trinajstić information content (AvgIpc) is 2.54. The van der Waals surface area contributed by atoms with E-state index in [0.717, 1.165) is 0 Å². The van der Waals surface area contributed by atoms with E-state index in [1.54, 1.807) is 0 Å². The van der Waals surface area contributed by atoms with E-state index in [-0.39, 0.29) is 18.7 Å². The molecular weight excluding hydrogens is 337 g/mol. The second-order valence-corrected chi connectivity index (χ2v) is 6.12. The fourth-order valence-electron chi connectivity index (χ4n) is 3.14. The van der Waals surface area contributed by atoms with Gasteiger partial charge >= 0.3 is 6.18 Å². The molecule has 0 heterocycles. The number of hydrogen-bond acceptors (Lipinski definition) is 3. The lowest BCUT2D eigenvalue weighted by atomic mass is 9.78. The molecule has 0 bridgehead atoms. The molecule has 5 nitrogen and oxygen atoms in total. The largest absolute Gasteiger partial charge is 0.495 e. The molecule has 25 heavy (non-hydrogen) atoms. The van der Waals surface area contributed by atoms with Gasteiger partial charge in [0.25, 0.3) is 0 Å². The van der Waals surface area contributed by atoms with Gasteiger partial charge in [-0.2, -0.15) is 13.2 Å². The van der Waals surface area contributed by atoms with Gasteiger partial charge in [-0.05, 0) is 31.0 Å². The maximum absolute atomic E-state index is 13.2. The number of hydrogen-bond donors (Lipinski definition) is 2. The molecule has 2 N–H and O–H groups in total. The average molecular weight is 358 g/mol. The topological polar surface area (TPSA) is 67.4 Å². The van der Waals surface area contributed by atoms with Crippen molar-refractivity contribution in [2.45, 2.75) is 38.8 Å². The molecule has 0 aliphatic heterocycles. The van der Waals surface area contributed by atoms with E-state index in [0.29, 0.717) is 30.0 Å². The van der Waals surface area contributed by atoms with Gasteiger partial charge in [0.15, 0.2) is 0 Å². The molecule has 1 saturated carbocycles. The van der Waals surface area contributed by atoms with Gasteiger partial charge in [-0.15, -0.1) is 0 Å². The van der Waals surface area contributed by atoms with Crippen LogP contribution >= 0.6 is 0 Å². The first-order valence-corrected chi connectivity index (χ1v) is 8.05. The van der Waals surface area contributed by atoms with E-state index in [1.165, 1.54) is 32.2 Å². The summed E-state index contributed by atoms with van der Waals surface area (Å²) in [4.78, 5) is 23.6. The maximum atomic E-state index is 13.2. The lowest BCUT2D eigenvalue weighted by molar-refractivity contribution is -0.197. The third-order valence-corrected chi connectivity index (χ3v) is 4.30. The minimum atomic E-state index is -4.39. The van der Waals surface area contributed by atoms with Crippen molar-refractivity contribution in [3.8, 4) is 5.75 Å². The Balaban J connectivity index is 2.17. The maximum Gasteiger partial charge on any atom is 0.392 e. The van der Waals surface area contributed by atoms with Crippen LogP contribution in [0.5, 0.6) is 5.75 Å². The van der Waals surface area contributed by atoms with Crippen molar-refractivity contribution in [1.82, 2.24) is 0 Å². The number of anilines is 2. The van der Waals surface area contributed by atoms with Gasteiger partial charge in [0.1, 0.15) is 5.75 Å². The number of nitrogens with one attached hydrogen (secondary N) is 2. The summed E-state index contributed by atoms with van der Waals surface area (Å²) >= 11 is 0. The summed E-state index contributed by atoms with van der Waals surface area (Å²) in [6, 6.07) is 4.51. The fourth-order valence-corrected chi connectivity index (χ4v) is 3.14. The van der Waals surface area contributed by atoms with Gasteiger partial charge in [-0.3, -0.25) is 9.59 Å². The Bertz CT molecular complexity index is 647. The van der Waals surface area contributed by atoms with Crippen molar-refractivity contribution in [2.75, 3.05) is 17.7 Å². The minimum absolute atomic E-state index is 0.0264. The standard InChI is InChI=1S/C17H21F3N2O3/c1-10(23)21-14-9-11(7-8-15(14)25-2)22-16(24)12-5-3-4-6-13(12)17(18,19)20/h7-9,12-13H,3-6H2,1-2H3,(H,21,23)(H,22,24). The Kier molecular flexibility index (Phi) is 5.92. The molecule has 1 aromatic rings.